The van der Waals surface area contributed by atoms with Crippen LogP contribution in [0.4, 0.5) is 0 Å². The van der Waals surface area contributed by atoms with Crippen LogP contribution in [0.5, 0.6) is 0 Å². The molecule has 0 heterocycles. The van der Waals surface area contributed by atoms with E-state index >= 15 is 0 Å². The number of methoxy groups -OCH3 is 1. The van der Waals surface area contributed by atoms with E-state index in [1.54, 1.807) is 33.1 Å². The van der Waals surface area contributed by atoms with Gasteiger partial charge in [0, 0.05) is 6.42 Å². The molecule has 1 rings (SSSR count). The van der Waals surface area contributed by atoms with Crippen molar-refractivity contribution in [1.82, 2.24) is 0 Å². The summed E-state index contributed by atoms with van der Waals surface area (Å²) >= 11 is 0. The van der Waals surface area contributed by atoms with Gasteiger partial charge in [0.15, 0.2) is 5.92 Å². The molecule has 0 saturated heterocycles. The van der Waals surface area contributed by atoms with Crippen LogP contribution >= 0.6 is 0 Å². The van der Waals surface area contributed by atoms with Crippen LogP contribution in [-0.2, 0) is 26.1 Å². The second-order valence-electron chi connectivity index (χ2n) is 5.55. The SMILES string of the molecule is C=C(CCc1ccc(C(C)(C(=O)OCC)C(C#N)C#N)cc1)OC. The van der Waals surface area contributed by atoms with E-state index in [1.165, 1.54) is 0 Å². The second-order valence-corrected chi connectivity index (χ2v) is 5.55. The molecule has 1 unspecified atom stereocenters. The molecular formula is C19H22N2O3. The van der Waals surface area contributed by atoms with Crippen molar-refractivity contribution in [2.24, 2.45) is 5.92 Å². The number of hydrogen-bond acceptors (Lipinski definition) is 5. The first-order valence-corrected chi connectivity index (χ1v) is 7.71. The summed E-state index contributed by atoms with van der Waals surface area (Å²) < 4.78 is 10.1. The molecular weight excluding hydrogens is 304 g/mol. The third-order valence-electron chi connectivity index (χ3n) is 4.07. The molecule has 0 N–H and O–H groups in total. The fourth-order valence-corrected chi connectivity index (χ4v) is 2.37. The van der Waals surface area contributed by atoms with Crippen LogP contribution in [0, 0.1) is 28.6 Å². The Labute approximate surface area is 143 Å². The molecule has 0 aliphatic carbocycles. The minimum atomic E-state index is -1.33. The zero-order valence-corrected chi connectivity index (χ0v) is 14.3. The number of rotatable bonds is 8. The van der Waals surface area contributed by atoms with Gasteiger partial charge in [0.1, 0.15) is 5.41 Å². The summed E-state index contributed by atoms with van der Waals surface area (Å²) in [5.41, 5.74) is 0.311. The van der Waals surface area contributed by atoms with Gasteiger partial charge in [-0.2, -0.15) is 10.5 Å². The van der Waals surface area contributed by atoms with Gasteiger partial charge in [-0.3, -0.25) is 4.79 Å². The minimum Gasteiger partial charge on any atom is -0.502 e. The van der Waals surface area contributed by atoms with Gasteiger partial charge < -0.3 is 9.47 Å². The standard InChI is InChI=1S/C19H22N2O3/c1-5-24-18(22)19(3,17(12-20)13-21)16-10-8-15(9-11-16)7-6-14(2)23-4/h8-11,17H,2,5-7H2,1,3-4H3. The zero-order chi connectivity index (χ0) is 18.2. The van der Waals surface area contributed by atoms with E-state index in [0.29, 0.717) is 17.7 Å². The molecule has 0 bridgehead atoms. The molecule has 0 spiro atoms. The number of hydrogen-bond donors (Lipinski definition) is 0. The lowest BCUT2D eigenvalue weighted by molar-refractivity contribution is -0.150. The van der Waals surface area contributed by atoms with Crippen LogP contribution in [0.3, 0.4) is 0 Å². The molecule has 0 amide bonds. The van der Waals surface area contributed by atoms with Crippen molar-refractivity contribution in [3.63, 3.8) is 0 Å². The maximum Gasteiger partial charge on any atom is 0.318 e. The van der Waals surface area contributed by atoms with E-state index in [-0.39, 0.29) is 6.61 Å². The average molecular weight is 326 g/mol. The molecule has 0 radical (unpaired) electrons. The lowest BCUT2D eigenvalue weighted by atomic mass is 9.72. The molecule has 0 aliphatic heterocycles. The Bertz CT molecular complexity index is 653. The molecule has 0 aliphatic rings. The predicted molar refractivity (Wildman–Crippen MR) is 89.6 cm³/mol. The maximum atomic E-state index is 12.4. The first-order valence-electron chi connectivity index (χ1n) is 7.71. The number of nitriles is 2. The Kier molecular flexibility index (Phi) is 7.01. The molecule has 24 heavy (non-hydrogen) atoms. The normalized spacial score (nSPS) is 12.6. The Morgan fingerprint density at radius 2 is 1.88 bits per heavy atom. The number of benzene rings is 1. The van der Waals surface area contributed by atoms with E-state index in [4.69, 9.17) is 9.47 Å². The lowest BCUT2D eigenvalue weighted by Gasteiger charge is -2.28. The van der Waals surface area contributed by atoms with Crippen molar-refractivity contribution < 1.29 is 14.3 Å². The van der Waals surface area contributed by atoms with Crippen LogP contribution < -0.4 is 0 Å². The summed E-state index contributed by atoms with van der Waals surface area (Å²) in [5.74, 6) is -1.00. The number of allylic oxidation sites excluding steroid dienone is 1. The minimum absolute atomic E-state index is 0.190. The Morgan fingerprint density at radius 1 is 1.29 bits per heavy atom. The molecule has 1 aromatic carbocycles. The first kappa shape index (κ1) is 19.3. The van der Waals surface area contributed by atoms with Crippen molar-refractivity contribution in [2.75, 3.05) is 13.7 Å². The van der Waals surface area contributed by atoms with Crippen molar-refractivity contribution in [2.45, 2.75) is 32.1 Å². The Morgan fingerprint density at radius 3 is 2.33 bits per heavy atom. The molecule has 126 valence electrons. The Balaban J connectivity index is 3.12. The van der Waals surface area contributed by atoms with Gasteiger partial charge in [0.25, 0.3) is 0 Å². The highest BCUT2D eigenvalue weighted by atomic mass is 16.5. The Hall–Kier alpha value is -2.79. The van der Waals surface area contributed by atoms with Crippen molar-refractivity contribution in [3.8, 4) is 12.1 Å². The average Bonchev–Trinajstić information content (AvgIpc) is 2.60. The number of carbonyl (C=O) groups excluding carboxylic acids is 1. The molecule has 1 aromatic rings. The largest absolute Gasteiger partial charge is 0.502 e. The molecule has 5 nitrogen and oxygen atoms in total. The van der Waals surface area contributed by atoms with Gasteiger partial charge in [0.05, 0.1) is 31.6 Å². The van der Waals surface area contributed by atoms with Crippen molar-refractivity contribution in [3.05, 3.63) is 47.7 Å². The summed E-state index contributed by atoms with van der Waals surface area (Å²) in [7, 11) is 1.58. The smallest absolute Gasteiger partial charge is 0.318 e. The van der Waals surface area contributed by atoms with Gasteiger partial charge in [-0.25, -0.2) is 0 Å². The second kappa shape index (κ2) is 8.74. The van der Waals surface area contributed by atoms with Crippen LogP contribution in [0.1, 0.15) is 31.4 Å². The van der Waals surface area contributed by atoms with E-state index in [9.17, 15) is 15.3 Å². The number of carbonyl (C=O) groups is 1. The van der Waals surface area contributed by atoms with Crippen molar-refractivity contribution in [1.29, 1.82) is 10.5 Å². The van der Waals surface area contributed by atoms with Crippen molar-refractivity contribution >= 4 is 5.97 Å². The summed E-state index contributed by atoms with van der Waals surface area (Å²) in [6, 6.07) is 11.1. The van der Waals surface area contributed by atoms with Crippen LogP contribution in [0.15, 0.2) is 36.6 Å². The molecule has 0 fully saturated rings. The van der Waals surface area contributed by atoms with Crippen LogP contribution in [0.25, 0.3) is 0 Å². The van der Waals surface area contributed by atoms with Gasteiger partial charge in [-0.1, -0.05) is 30.8 Å². The summed E-state index contributed by atoms with van der Waals surface area (Å²) in [4.78, 5) is 12.4. The van der Waals surface area contributed by atoms with Crippen LogP contribution in [-0.4, -0.2) is 19.7 Å². The first-order chi connectivity index (χ1) is 11.4. The number of esters is 1. The number of ether oxygens (including phenoxy) is 2. The molecule has 1 atom stereocenters. The zero-order valence-electron chi connectivity index (χ0n) is 14.3. The monoisotopic (exact) mass is 326 g/mol. The predicted octanol–water partition coefficient (Wildman–Crippen LogP) is 3.26. The summed E-state index contributed by atoms with van der Waals surface area (Å²) in [6.45, 7) is 7.23. The van der Waals surface area contributed by atoms with Gasteiger partial charge in [-0.05, 0) is 31.4 Å². The fraction of sp³-hybridized carbons (Fsp3) is 0.421. The van der Waals surface area contributed by atoms with Gasteiger partial charge >= 0.3 is 5.97 Å². The highest BCUT2D eigenvalue weighted by Gasteiger charge is 2.45. The van der Waals surface area contributed by atoms with E-state index in [2.05, 4.69) is 6.58 Å². The summed E-state index contributed by atoms with van der Waals surface area (Å²) in [6.07, 6.45) is 1.45. The quantitative estimate of drug-likeness (QED) is 0.541. The van der Waals surface area contributed by atoms with Gasteiger partial charge in [0.2, 0.25) is 0 Å². The number of nitrogens with zero attached hydrogens (tertiary/aromatic N) is 2. The molecule has 5 heteroatoms. The highest BCUT2D eigenvalue weighted by molar-refractivity contribution is 5.84. The maximum absolute atomic E-state index is 12.4. The number of aryl methyl sites for hydroxylation is 1. The fourth-order valence-electron chi connectivity index (χ4n) is 2.37. The molecule has 0 aromatic heterocycles. The third kappa shape index (κ3) is 4.14. The third-order valence-corrected chi connectivity index (χ3v) is 4.07. The van der Waals surface area contributed by atoms with E-state index in [1.807, 2.05) is 24.3 Å². The summed E-state index contributed by atoms with van der Waals surface area (Å²) in [5, 5.41) is 18.5. The topological polar surface area (TPSA) is 83.1 Å². The lowest BCUT2D eigenvalue weighted by Crippen LogP contribution is -2.40. The van der Waals surface area contributed by atoms with E-state index < -0.39 is 17.3 Å². The van der Waals surface area contributed by atoms with E-state index in [0.717, 1.165) is 12.0 Å². The van der Waals surface area contributed by atoms with Crippen LogP contribution in [0.2, 0.25) is 0 Å². The molecule has 0 saturated carbocycles. The van der Waals surface area contributed by atoms with Gasteiger partial charge in [-0.15, -0.1) is 0 Å². The highest BCUT2D eigenvalue weighted by Crippen LogP contribution is 2.33.